The Morgan fingerprint density at radius 1 is 1.38 bits per heavy atom. The molecule has 0 aromatic heterocycles. The summed E-state index contributed by atoms with van der Waals surface area (Å²) in [6, 6.07) is 0. The lowest BCUT2D eigenvalue weighted by molar-refractivity contribution is -0.126. The molecule has 1 rings (SSSR count). The number of carbonyl (C=O) groups is 1. The van der Waals surface area contributed by atoms with Crippen molar-refractivity contribution in [1.82, 2.24) is 15.5 Å². The fourth-order valence-corrected chi connectivity index (χ4v) is 1.53. The zero-order valence-electron chi connectivity index (χ0n) is 8.63. The second-order valence-corrected chi connectivity index (χ2v) is 4.36. The Morgan fingerprint density at radius 2 is 2.08 bits per heavy atom. The summed E-state index contributed by atoms with van der Waals surface area (Å²) in [4.78, 5) is 12.7. The molecule has 0 bridgehead atoms. The van der Waals surface area contributed by atoms with Crippen LogP contribution in [0.5, 0.6) is 0 Å². The Morgan fingerprint density at radius 3 is 2.46 bits per heavy atom. The van der Waals surface area contributed by atoms with E-state index in [9.17, 15) is 4.79 Å². The van der Waals surface area contributed by atoms with Gasteiger partial charge in [-0.25, -0.2) is 0 Å². The number of hydrogen-bond acceptors (Lipinski definition) is 3. The molecule has 0 aliphatic carbocycles. The van der Waals surface area contributed by atoms with Gasteiger partial charge in [-0.05, 0) is 20.8 Å². The molecule has 1 saturated heterocycles. The van der Waals surface area contributed by atoms with E-state index in [0.717, 1.165) is 26.0 Å². The van der Waals surface area contributed by atoms with E-state index in [1.807, 2.05) is 25.7 Å². The van der Waals surface area contributed by atoms with Gasteiger partial charge in [0, 0.05) is 25.2 Å². The van der Waals surface area contributed by atoms with Crippen LogP contribution in [0, 0.1) is 0 Å². The minimum absolute atomic E-state index is 0.113. The molecule has 1 aliphatic heterocycles. The number of amides is 1. The van der Waals surface area contributed by atoms with Gasteiger partial charge in [-0.15, -0.1) is 0 Å². The largest absolute Gasteiger partial charge is 0.324 e. The van der Waals surface area contributed by atoms with Crippen LogP contribution in [-0.2, 0) is 4.79 Å². The van der Waals surface area contributed by atoms with E-state index in [2.05, 4.69) is 10.6 Å². The van der Waals surface area contributed by atoms with Crippen LogP contribution in [0.3, 0.4) is 0 Å². The SMILES string of the molecule is CC(C)(C)N(C=O)[C@H]1CNCCN1. The molecule has 4 heteroatoms. The fourth-order valence-electron chi connectivity index (χ4n) is 1.53. The molecular weight excluding hydrogens is 166 g/mol. The Kier molecular flexibility index (Phi) is 3.27. The first-order chi connectivity index (χ1) is 6.05. The minimum atomic E-state index is -0.113. The maximum Gasteiger partial charge on any atom is 0.211 e. The quantitative estimate of drug-likeness (QED) is 0.584. The summed E-state index contributed by atoms with van der Waals surface area (Å²) in [7, 11) is 0. The van der Waals surface area contributed by atoms with Crippen molar-refractivity contribution in [3.8, 4) is 0 Å². The lowest BCUT2D eigenvalue weighted by Crippen LogP contribution is -2.61. The van der Waals surface area contributed by atoms with Gasteiger partial charge in [0.25, 0.3) is 0 Å². The molecule has 0 radical (unpaired) electrons. The summed E-state index contributed by atoms with van der Waals surface area (Å²) in [6.45, 7) is 8.85. The van der Waals surface area contributed by atoms with Crippen LogP contribution in [0.4, 0.5) is 0 Å². The van der Waals surface area contributed by atoms with E-state index >= 15 is 0 Å². The van der Waals surface area contributed by atoms with Crippen LogP contribution >= 0.6 is 0 Å². The Bertz CT molecular complexity index is 170. The van der Waals surface area contributed by atoms with Gasteiger partial charge in [0.2, 0.25) is 6.41 Å². The first kappa shape index (κ1) is 10.5. The third-order valence-corrected chi connectivity index (χ3v) is 2.24. The van der Waals surface area contributed by atoms with Crippen LogP contribution in [-0.4, -0.2) is 42.6 Å². The molecule has 1 atom stereocenters. The fraction of sp³-hybridized carbons (Fsp3) is 0.889. The molecule has 4 nitrogen and oxygen atoms in total. The number of hydrogen-bond donors (Lipinski definition) is 2. The second kappa shape index (κ2) is 4.07. The molecule has 2 N–H and O–H groups in total. The van der Waals surface area contributed by atoms with Crippen LogP contribution in [0.25, 0.3) is 0 Å². The smallest absolute Gasteiger partial charge is 0.211 e. The molecule has 0 spiro atoms. The third kappa shape index (κ3) is 2.67. The average molecular weight is 185 g/mol. The van der Waals surface area contributed by atoms with Gasteiger partial charge in [-0.2, -0.15) is 0 Å². The first-order valence-corrected chi connectivity index (χ1v) is 4.73. The van der Waals surface area contributed by atoms with Gasteiger partial charge >= 0.3 is 0 Å². The van der Waals surface area contributed by atoms with Crippen molar-refractivity contribution in [3.63, 3.8) is 0 Å². The van der Waals surface area contributed by atoms with Gasteiger partial charge in [0.05, 0.1) is 6.17 Å². The predicted molar refractivity (Wildman–Crippen MR) is 52.3 cm³/mol. The second-order valence-electron chi connectivity index (χ2n) is 4.36. The number of piperazine rings is 1. The topological polar surface area (TPSA) is 44.4 Å². The summed E-state index contributed by atoms with van der Waals surface area (Å²) < 4.78 is 0. The van der Waals surface area contributed by atoms with Crippen molar-refractivity contribution < 1.29 is 4.79 Å². The molecule has 1 aliphatic rings. The van der Waals surface area contributed by atoms with Gasteiger partial charge in [-0.1, -0.05) is 0 Å². The highest BCUT2D eigenvalue weighted by Crippen LogP contribution is 2.13. The molecule has 13 heavy (non-hydrogen) atoms. The highest BCUT2D eigenvalue weighted by atomic mass is 16.1. The minimum Gasteiger partial charge on any atom is -0.324 e. The molecule has 1 amide bonds. The first-order valence-electron chi connectivity index (χ1n) is 4.73. The lowest BCUT2D eigenvalue weighted by Gasteiger charge is -2.41. The van der Waals surface area contributed by atoms with Crippen molar-refractivity contribution in [1.29, 1.82) is 0 Å². The van der Waals surface area contributed by atoms with Crippen molar-refractivity contribution in [2.45, 2.75) is 32.5 Å². The van der Waals surface area contributed by atoms with Gasteiger partial charge in [0.1, 0.15) is 0 Å². The van der Waals surface area contributed by atoms with Crippen molar-refractivity contribution in [2.24, 2.45) is 0 Å². The summed E-state index contributed by atoms with van der Waals surface area (Å²) in [6.07, 6.45) is 1.05. The molecule has 76 valence electrons. The zero-order chi connectivity index (χ0) is 9.90. The molecule has 0 aromatic carbocycles. The summed E-state index contributed by atoms with van der Waals surface area (Å²) in [5, 5.41) is 6.57. The number of nitrogens with one attached hydrogen (secondary N) is 2. The van der Waals surface area contributed by atoms with Crippen LogP contribution in [0.15, 0.2) is 0 Å². The number of rotatable bonds is 2. The van der Waals surface area contributed by atoms with Gasteiger partial charge in [-0.3, -0.25) is 10.1 Å². The average Bonchev–Trinajstić information content (AvgIpc) is 2.05. The molecule has 0 unspecified atom stereocenters. The van der Waals surface area contributed by atoms with Crippen molar-refractivity contribution in [2.75, 3.05) is 19.6 Å². The summed E-state index contributed by atoms with van der Waals surface area (Å²) >= 11 is 0. The molecule has 1 heterocycles. The lowest BCUT2D eigenvalue weighted by atomic mass is 10.1. The van der Waals surface area contributed by atoms with E-state index < -0.39 is 0 Å². The number of nitrogens with zero attached hydrogens (tertiary/aromatic N) is 1. The Labute approximate surface area is 79.7 Å². The number of carbonyl (C=O) groups excluding carboxylic acids is 1. The monoisotopic (exact) mass is 185 g/mol. The molecule has 1 fully saturated rings. The normalized spacial score (nSPS) is 24.1. The highest BCUT2D eigenvalue weighted by molar-refractivity contribution is 5.49. The zero-order valence-corrected chi connectivity index (χ0v) is 8.63. The summed E-state index contributed by atoms with van der Waals surface area (Å²) in [5.74, 6) is 0. The van der Waals surface area contributed by atoms with Crippen molar-refractivity contribution in [3.05, 3.63) is 0 Å². The van der Waals surface area contributed by atoms with E-state index in [-0.39, 0.29) is 11.7 Å². The van der Waals surface area contributed by atoms with E-state index in [4.69, 9.17) is 0 Å². The van der Waals surface area contributed by atoms with Crippen LogP contribution < -0.4 is 10.6 Å². The van der Waals surface area contributed by atoms with E-state index in [1.165, 1.54) is 0 Å². The van der Waals surface area contributed by atoms with Gasteiger partial charge in [0.15, 0.2) is 0 Å². The van der Waals surface area contributed by atoms with E-state index in [1.54, 1.807) is 0 Å². The Balaban J connectivity index is 2.59. The van der Waals surface area contributed by atoms with Crippen LogP contribution in [0.1, 0.15) is 20.8 Å². The summed E-state index contributed by atoms with van der Waals surface area (Å²) in [5.41, 5.74) is -0.113. The maximum atomic E-state index is 10.9. The maximum absolute atomic E-state index is 10.9. The highest BCUT2D eigenvalue weighted by Gasteiger charge is 2.27. The Hall–Kier alpha value is -0.610. The third-order valence-electron chi connectivity index (χ3n) is 2.24. The standard InChI is InChI=1S/C9H19N3O/c1-9(2,3)12(7-13)8-6-10-4-5-11-8/h7-8,10-11H,4-6H2,1-3H3/t8-/m0/s1. The predicted octanol–water partition coefficient (Wildman–Crippen LogP) is -0.238. The van der Waals surface area contributed by atoms with E-state index in [0.29, 0.717) is 0 Å². The van der Waals surface area contributed by atoms with Crippen molar-refractivity contribution >= 4 is 6.41 Å². The van der Waals surface area contributed by atoms with Crippen LogP contribution in [0.2, 0.25) is 0 Å². The molecular formula is C9H19N3O. The molecule has 0 aromatic rings. The molecule has 0 saturated carbocycles. The van der Waals surface area contributed by atoms with Gasteiger partial charge < -0.3 is 10.2 Å².